The summed E-state index contributed by atoms with van der Waals surface area (Å²) < 4.78 is 3.47. The number of alkyl halides is 1. The van der Waals surface area contributed by atoms with Crippen LogP contribution in [0.15, 0.2) is 30.3 Å². The molecule has 0 amide bonds. The second kappa shape index (κ2) is 5.95. The van der Waals surface area contributed by atoms with Crippen molar-refractivity contribution in [2.75, 3.05) is 7.11 Å². The standard InChI is InChI=1S/C11H11IO4/c1-16-11(15)10(14)8(12)9(13)7-5-3-2-4-6-7/h2-6,8-9,13H,1H3/t8-,9-/m0/s1. The minimum Gasteiger partial charge on any atom is -0.463 e. The lowest BCUT2D eigenvalue weighted by atomic mass is 10.0. The maximum Gasteiger partial charge on any atom is 0.375 e. The number of benzene rings is 1. The molecule has 0 fully saturated rings. The summed E-state index contributed by atoms with van der Waals surface area (Å²) in [6, 6.07) is 8.71. The van der Waals surface area contributed by atoms with Crippen molar-refractivity contribution in [1.29, 1.82) is 0 Å². The van der Waals surface area contributed by atoms with Crippen LogP contribution in [0.3, 0.4) is 0 Å². The molecule has 0 spiro atoms. The fourth-order valence-corrected chi connectivity index (χ4v) is 1.85. The molecule has 4 nitrogen and oxygen atoms in total. The van der Waals surface area contributed by atoms with Gasteiger partial charge in [-0.25, -0.2) is 4.79 Å². The van der Waals surface area contributed by atoms with E-state index in [0.717, 1.165) is 7.11 Å². The van der Waals surface area contributed by atoms with Crippen LogP contribution in [0.25, 0.3) is 0 Å². The van der Waals surface area contributed by atoms with Crippen LogP contribution in [0.2, 0.25) is 0 Å². The highest BCUT2D eigenvalue weighted by Gasteiger charge is 2.30. The molecule has 0 radical (unpaired) electrons. The minimum atomic E-state index is -1.01. The molecule has 0 aliphatic carbocycles. The van der Waals surface area contributed by atoms with Gasteiger partial charge in [-0.15, -0.1) is 0 Å². The Hall–Kier alpha value is -0.950. The van der Waals surface area contributed by atoms with Gasteiger partial charge in [-0.3, -0.25) is 4.79 Å². The topological polar surface area (TPSA) is 63.6 Å². The third-order valence-electron chi connectivity index (χ3n) is 2.06. The number of esters is 1. The van der Waals surface area contributed by atoms with E-state index in [4.69, 9.17) is 0 Å². The zero-order valence-electron chi connectivity index (χ0n) is 8.59. The first-order chi connectivity index (χ1) is 7.57. The molecule has 0 aliphatic heterocycles. The summed E-state index contributed by atoms with van der Waals surface area (Å²) in [4.78, 5) is 22.4. The maximum absolute atomic E-state index is 11.4. The normalized spacial score (nSPS) is 13.9. The molecule has 0 saturated carbocycles. The molecule has 0 aromatic heterocycles. The Labute approximate surface area is 107 Å². The number of hydrogen-bond acceptors (Lipinski definition) is 4. The molecule has 0 saturated heterocycles. The molecule has 0 bridgehead atoms. The van der Waals surface area contributed by atoms with Gasteiger partial charge in [-0.05, 0) is 5.56 Å². The van der Waals surface area contributed by atoms with Gasteiger partial charge < -0.3 is 9.84 Å². The number of aliphatic hydroxyl groups excluding tert-OH is 1. The number of hydrogen-bond donors (Lipinski definition) is 1. The van der Waals surface area contributed by atoms with Crippen molar-refractivity contribution in [2.24, 2.45) is 0 Å². The van der Waals surface area contributed by atoms with Crippen LogP contribution < -0.4 is 0 Å². The number of halogens is 1. The summed E-state index contributed by atoms with van der Waals surface area (Å²) in [6.45, 7) is 0. The molecule has 0 heterocycles. The van der Waals surface area contributed by atoms with Crippen LogP contribution in [0.4, 0.5) is 0 Å². The van der Waals surface area contributed by atoms with Gasteiger partial charge in [0.15, 0.2) is 0 Å². The van der Waals surface area contributed by atoms with Gasteiger partial charge in [-0.1, -0.05) is 52.9 Å². The quantitative estimate of drug-likeness (QED) is 0.390. The lowest BCUT2D eigenvalue weighted by Gasteiger charge is -2.15. The summed E-state index contributed by atoms with van der Waals surface area (Å²) in [5, 5.41) is 9.87. The van der Waals surface area contributed by atoms with Crippen LogP contribution in [0.5, 0.6) is 0 Å². The van der Waals surface area contributed by atoms with E-state index in [1.54, 1.807) is 52.9 Å². The zero-order valence-corrected chi connectivity index (χ0v) is 10.7. The van der Waals surface area contributed by atoms with Gasteiger partial charge in [0.1, 0.15) is 3.92 Å². The number of carbonyl (C=O) groups is 2. The predicted molar refractivity (Wildman–Crippen MR) is 66.2 cm³/mol. The molecule has 0 aliphatic rings. The number of methoxy groups -OCH3 is 1. The van der Waals surface area contributed by atoms with E-state index in [1.165, 1.54) is 0 Å². The van der Waals surface area contributed by atoms with Crippen LogP contribution in [-0.2, 0) is 14.3 Å². The number of aliphatic hydroxyl groups is 1. The van der Waals surface area contributed by atoms with Crippen LogP contribution in [0, 0.1) is 0 Å². The van der Waals surface area contributed by atoms with E-state index in [1.807, 2.05) is 0 Å². The molecule has 2 atom stereocenters. The number of rotatable bonds is 4. The van der Waals surface area contributed by atoms with E-state index in [-0.39, 0.29) is 0 Å². The van der Waals surface area contributed by atoms with Gasteiger partial charge in [0.25, 0.3) is 5.78 Å². The molecule has 5 heteroatoms. The molecule has 1 aromatic rings. The van der Waals surface area contributed by atoms with Gasteiger partial charge >= 0.3 is 5.97 Å². The average molecular weight is 334 g/mol. The maximum atomic E-state index is 11.4. The van der Waals surface area contributed by atoms with Gasteiger partial charge in [0.05, 0.1) is 13.2 Å². The van der Waals surface area contributed by atoms with Crippen molar-refractivity contribution in [3.63, 3.8) is 0 Å². The highest BCUT2D eigenvalue weighted by Crippen LogP contribution is 2.23. The highest BCUT2D eigenvalue weighted by atomic mass is 127. The molecule has 86 valence electrons. The van der Waals surface area contributed by atoms with Crippen molar-refractivity contribution >= 4 is 34.3 Å². The molecule has 1 aromatic carbocycles. The first-order valence-electron chi connectivity index (χ1n) is 4.57. The Kier molecular flexibility index (Phi) is 4.88. The van der Waals surface area contributed by atoms with Crippen LogP contribution in [0.1, 0.15) is 11.7 Å². The molecule has 1 rings (SSSR count). The van der Waals surface area contributed by atoms with Gasteiger partial charge in [0, 0.05) is 0 Å². The third kappa shape index (κ3) is 3.02. The lowest BCUT2D eigenvalue weighted by molar-refractivity contribution is -0.152. The molecule has 0 unspecified atom stereocenters. The zero-order chi connectivity index (χ0) is 12.1. The Balaban J connectivity index is 2.79. The number of carbonyl (C=O) groups excluding carboxylic acids is 2. The number of Topliss-reactive ketones (excluding diaryl/α,β-unsaturated/α-hetero) is 1. The first kappa shape index (κ1) is 13.1. The predicted octanol–water partition coefficient (Wildman–Crippen LogP) is 1.27. The van der Waals surface area contributed by atoms with Crippen molar-refractivity contribution in [2.45, 2.75) is 10.0 Å². The Morgan fingerprint density at radius 3 is 2.38 bits per heavy atom. The summed E-state index contributed by atoms with van der Waals surface area (Å²) in [7, 11) is 1.14. The van der Waals surface area contributed by atoms with E-state index in [2.05, 4.69) is 4.74 Å². The Bertz CT molecular complexity index is 377. The summed E-state index contributed by atoms with van der Waals surface area (Å²) in [5.41, 5.74) is 0.596. The Morgan fingerprint density at radius 2 is 1.88 bits per heavy atom. The number of ether oxygens (including phenoxy) is 1. The second-order valence-electron chi connectivity index (χ2n) is 3.11. The summed E-state index contributed by atoms with van der Waals surface area (Å²) >= 11 is 1.74. The molecular weight excluding hydrogens is 323 g/mol. The summed E-state index contributed by atoms with van der Waals surface area (Å²) in [5.74, 6) is -1.67. The van der Waals surface area contributed by atoms with Crippen LogP contribution in [-0.4, -0.2) is 27.9 Å². The van der Waals surface area contributed by atoms with Gasteiger partial charge in [0.2, 0.25) is 0 Å². The van der Waals surface area contributed by atoms with E-state index in [0.29, 0.717) is 5.56 Å². The third-order valence-corrected chi connectivity index (χ3v) is 3.30. The monoisotopic (exact) mass is 334 g/mol. The van der Waals surface area contributed by atoms with Crippen molar-refractivity contribution < 1.29 is 19.4 Å². The fourth-order valence-electron chi connectivity index (χ4n) is 1.18. The number of ketones is 1. The highest BCUT2D eigenvalue weighted by molar-refractivity contribution is 14.1. The van der Waals surface area contributed by atoms with Gasteiger partial charge in [-0.2, -0.15) is 0 Å². The smallest absolute Gasteiger partial charge is 0.375 e. The van der Waals surface area contributed by atoms with Crippen molar-refractivity contribution in [1.82, 2.24) is 0 Å². The minimum absolute atomic E-state index is 0.596. The molecule has 1 N–H and O–H groups in total. The van der Waals surface area contributed by atoms with Crippen molar-refractivity contribution in [3.8, 4) is 0 Å². The average Bonchev–Trinajstić information content (AvgIpc) is 2.36. The Morgan fingerprint density at radius 1 is 1.31 bits per heavy atom. The molecular formula is C11H11IO4. The molecule has 16 heavy (non-hydrogen) atoms. The van der Waals surface area contributed by atoms with Crippen molar-refractivity contribution in [3.05, 3.63) is 35.9 Å². The fraction of sp³-hybridized carbons (Fsp3) is 0.273. The summed E-state index contributed by atoms with van der Waals surface area (Å²) in [6.07, 6.45) is -1.01. The largest absolute Gasteiger partial charge is 0.463 e. The SMILES string of the molecule is COC(=O)C(=O)[C@@H](I)[C@@H](O)c1ccccc1. The van der Waals surface area contributed by atoms with E-state index < -0.39 is 21.8 Å². The van der Waals surface area contributed by atoms with Crippen LogP contribution >= 0.6 is 22.6 Å². The lowest BCUT2D eigenvalue weighted by Crippen LogP contribution is -2.29. The first-order valence-corrected chi connectivity index (χ1v) is 5.81. The van der Waals surface area contributed by atoms with E-state index >= 15 is 0 Å². The second-order valence-corrected chi connectivity index (χ2v) is 4.46. The van der Waals surface area contributed by atoms with E-state index in [9.17, 15) is 14.7 Å².